The van der Waals surface area contributed by atoms with Crippen molar-refractivity contribution in [2.45, 2.75) is 78.6 Å². The number of carbonyl (C=O) groups is 3. The maximum atomic E-state index is 14.0. The molecule has 0 radical (unpaired) electrons. The van der Waals surface area contributed by atoms with E-state index < -0.39 is 35.3 Å². The van der Waals surface area contributed by atoms with E-state index in [0.29, 0.717) is 31.3 Å². The summed E-state index contributed by atoms with van der Waals surface area (Å²) in [5.41, 5.74) is -1.06. The van der Waals surface area contributed by atoms with Gasteiger partial charge >= 0.3 is 11.8 Å². The highest BCUT2D eigenvalue weighted by atomic mass is 16.6. The molecular weight excluding hydrogens is 566 g/mol. The first-order valence-electron chi connectivity index (χ1n) is 14.8. The van der Waals surface area contributed by atoms with Crippen LogP contribution in [0.1, 0.15) is 64.2 Å². The molecule has 3 aromatic rings. The van der Waals surface area contributed by atoms with Gasteiger partial charge in [-0.3, -0.25) is 23.5 Å². The Hall–Kier alpha value is -4.68. The Morgan fingerprint density at radius 3 is 2.55 bits per heavy atom. The molecule has 1 saturated heterocycles. The maximum Gasteiger partial charge on any atom is 0.407 e. The first-order valence-corrected chi connectivity index (χ1v) is 14.8. The summed E-state index contributed by atoms with van der Waals surface area (Å²) in [6, 6.07) is 6.29. The second-order valence-corrected chi connectivity index (χ2v) is 11.8. The highest BCUT2D eigenvalue weighted by molar-refractivity contribution is 6.04. The van der Waals surface area contributed by atoms with Crippen LogP contribution in [0.5, 0.6) is 0 Å². The van der Waals surface area contributed by atoms with E-state index in [1.807, 2.05) is 24.0 Å². The Kier molecular flexibility index (Phi) is 9.75. The summed E-state index contributed by atoms with van der Waals surface area (Å²) in [6.45, 7) is 9.82. The second kappa shape index (κ2) is 13.3. The van der Waals surface area contributed by atoms with Crippen LogP contribution < -0.4 is 26.8 Å². The van der Waals surface area contributed by atoms with Crippen LogP contribution in [0, 0.1) is 0 Å². The molecule has 0 unspecified atom stereocenters. The number of hydrogen-bond acceptors (Lipinski definition) is 8. The molecule has 0 bridgehead atoms. The van der Waals surface area contributed by atoms with Crippen molar-refractivity contribution >= 4 is 40.6 Å². The number of Topliss-reactive ketones (excluding diaryl/α,β-unsaturated/α-hetero) is 1. The molecule has 13 nitrogen and oxygen atoms in total. The summed E-state index contributed by atoms with van der Waals surface area (Å²) in [5, 5.41) is 5.63. The third-order valence-electron chi connectivity index (χ3n) is 7.29. The van der Waals surface area contributed by atoms with Gasteiger partial charge in [-0.05, 0) is 52.7 Å². The van der Waals surface area contributed by atoms with Crippen molar-refractivity contribution < 1.29 is 19.1 Å². The topological polar surface area (TPSA) is 150 Å². The average molecular weight is 608 g/mol. The summed E-state index contributed by atoms with van der Waals surface area (Å²) in [5.74, 6) is -0.276. The van der Waals surface area contributed by atoms with Crippen molar-refractivity contribution in [1.82, 2.24) is 24.0 Å². The lowest BCUT2D eigenvalue weighted by atomic mass is 10.1. The molecule has 3 heterocycles. The minimum atomic E-state index is -0.684. The average Bonchev–Trinajstić information content (AvgIpc) is 3.36. The highest BCUT2D eigenvalue weighted by Crippen LogP contribution is 2.24. The fraction of sp³-hybridized carbons (Fsp3) is 0.484. The number of ketones is 1. The van der Waals surface area contributed by atoms with Crippen LogP contribution in [0.4, 0.5) is 16.4 Å². The van der Waals surface area contributed by atoms with Gasteiger partial charge in [0.25, 0.3) is 5.56 Å². The Morgan fingerprint density at radius 2 is 1.86 bits per heavy atom. The van der Waals surface area contributed by atoms with E-state index in [1.165, 1.54) is 11.6 Å². The summed E-state index contributed by atoms with van der Waals surface area (Å²) < 4.78 is 9.35. The first kappa shape index (κ1) is 32.2. The molecule has 13 heteroatoms. The van der Waals surface area contributed by atoms with Crippen molar-refractivity contribution in [3.63, 3.8) is 0 Å². The predicted molar refractivity (Wildman–Crippen MR) is 168 cm³/mol. The van der Waals surface area contributed by atoms with Crippen LogP contribution in [-0.4, -0.2) is 61.2 Å². The molecule has 236 valence electrons. The number of nitrogens with zero attached hydrogens (tertiary/aromatic N) is 5. The van der Waals surface area contributed by atoms with Gasteiger partial charge in [-0.1, -0.05) is 31.2 Å². The van der Waals surface area contributed by atoms with E-state index in [0.717, 1.165) is 17.4 Å². The Labute approximate surface area is 255 Å². The summed E-state index contributed by atoms with van der Waals surface area (Å²) >= 11 is 0. The Bertz CT molecular complexity index is 1710. The third kappa shape index (κ3) is 7.09. The predicted octanol–water partition coefficient (Wildman–Crippen LogP) is 3.20. The molecule has 44 heavy (non-hydrogen) atoms. The molecule has 2 N–H and O–H groups in total. The molecule has 1 atom stereocenters. The van der Waals surface area contributed by atoms with Gasteiger partial charge in [-0.25, -0.2) is 9.59 Å². The van der Waals surface area contributed by atoms with Crippen LogP contribution in [0.25, 0.3) is 11.2 Å². The molecule has 0 saturated carbocycles. The number of alkyl carbamates (subject to hydrolysis) is 1. The lowest BCUT2D eigenvalue weighted by molar-refractivity contribution is -0.115. The third-order valence-corrected chi connectivity index (χ3v) is 7.29. The Morgan fingerprint density at radius 1 is 1.14 bits per heavy atom. The molecule has 1 aliphatic rings. The summed E-state index contributed by atoms with van der Waals surface area (Å²) in [6.07, 6.45) is 4.96. The van der Waals surface area contributed by atoms with E-state index >= 15 is 0 Å². The molecule has 0 aliphatic carbocycles. The lowest BCUT2D eigenvalue weighted by Gasteiger charge is -2.34. The molecule has 2 aromatic heterocycles. The number of aryl methyl sites for hydroxylation is 1. The van der Waals surface area contributed by atoms with Gasteiger partial charge < -0.3 is 24.8 Å². The van der Waals surface area contributed by atoms with Gasteiger partial charge in [0.1, 0.15) is 5.60 Å². The number of aromatic nitrogens is 4. The molecular formula is C31H41N7O6. The van der Waals surface area contributed by atoms with Crippen LogP contribution in [0.3, 0.4) is 0 Å². The number of anilines is 2. The van der Waals surface area contributed by atoms with E-state index in [1.54, 1.807) is 56.5 Å². The molecule has 0 spiro atoms. The minimum absolute atomic E-state index is 0.183. The zero-order valence-electron chi connectivity index (χ0n) is 26.2. The highest BCUT2D eigenvalue weighted by Gasteiger charge is 2.29. The molecule has 1 aliphatic heterocycles. The van der Waals surface area contributed by atoms with Crippen molar-refractivity contribution in [2.75, 3.05) is 23.3 Å². The smallest absolute Gasteiger partial charge is 0.407 e. The standard InChI is InChI=1S/C31H41N7O6/c1-7-9-17-37-25-26(34-28(37)36-16-12-13-20(18-36)32-29(42)44-31(3,4)5)35(6)30(43)38(27(25)41)19-23(39)21-14-10-11-15-22(21)33-24(40)8-2/h7,9-11,14-15,20H,8,12-13,16-19H2,1-6H3,(H,32,42)(H,33,40)/b9-7+/t20-/m1/s1. The van der Waals surface area contributed by atoms with Crippen LogP contribution >= 0.6 is 0 Å². The fourth-order valence-corrected chi connectivity index (χ4v) is 5.18. The van der Waals surface area contributed by atoms with E-state index in [4.69, 9.17) is 9.72 Å². The minimum Gasteiger partial charge on any atom is -0.444 e. The lowest BCUT2D eigenvalue weighted by Crippen LogP contribution is -2.49. The van der Waals surface area contributed by atoms with Gasteiger partial charge in [0.2, 0.25) is 11.9 Å². The van der Waals surface area contributed by atoms with Gasteiger partial charge in [0.05, 0.1) is 12.2 Å². The number of benzene rings is 1. The Balaban J connectivity index is 1.73. The summed E-state index contributed by atoms with van der Waals surface area (Å²) in [4.78, 5) is 72.0. The van der Waals surface area contributed by atoms with Crippen molar-refractivity contribution in [1.29, 1.82) is 0 Å². The number of imidazole rings is 1. The quantitative estimate of drug-likeness (QED) is 0.278. The van der Waals surface area contributed by atoms with Crippen LogP contribution in [-0.2, 0) is 29.7 Å². The maximum absolute atomic E-state index is 14.0. The number of nitrogens with one attached hydrogen (secondary N) is 2. The van der Waals surface area contributed by atoms with E-state index in [-0.39, 0.29) is 35.1 Å². The van der Waals surface area contributed by atoms with Crippen molar-refractivity contribution in [2.24, 2.45) is 7.05 Å². The number of rotatable bonds is 9. The number of piperidine rings is 1. The van der Waals surface area contributed by atoms with Crippen molar-refractivity contribution in [3.05, 3.63) is 62.8 Å². The second-order valence-electron chi connectivity index (χ2n) is 11.8. The van der Waals surface area contributed by atoms with Gasteiger partial charge in [0, 0.05) is 44.7 Å². The SMILES string of the molecule is C/C=C/Cn1c(N2CCC[C@@H](NC(=O)OC(C)(C)C)C2)nc2c1c(=O)n(CC(=O)c1ccccc1NC(=O)CC)c(=O)n2C. The number of amides is 2. The number of hydrogen-bond donors (Lipinski definition) is 2. The number of ether oxygens (including phenoxy) is 1. The largest absolute Gasteiger partial charge is 0.444 e. The van der Waals surface area contributed by atoms with Crippen LogP contribution in [0.15, 0.2) is 46.0 Å². The fourth-order valence-electron chi connectivity index (χ4n) is 5.18. The van der Waals surface area contributed by atoms with E-state index in [2.05, 4.69) is 10.6 Å². The molecule has 2 amide bonds. The van der Waals surface area contributed by atoms with Gasteiger partial charge in [-0.15, -0.1) is 0 Å². The zero-order valence-corrected chi connectivity index (χ0v) is 26.2. The van der Waals surface area contributed by atoms with Crippen molar-refractivity contribution in [3.8, 4) is 0 Å². The molecule has 1 aromatic carbocycles. The van der Waals surface area contributed by atoms with Crippen LogP contribution in [0.2, 0.25) is 0 Å². The number of para-hydroxylation sites is 1. The molecule has 1 fully saturated rings. The van der Waals surface area contributed by atoms with Gasteiger partial charge in [0.15, 0.2) is 16.9 Å². The normalized spacial score (nSPS) is 15.5. The number of fused-ring (bicyclic) bond motifs is 1. The summed E-state index contributed by atoms with van der Waals surface area (Å²) in [7, 11) is 1.51. The molecule has 4 rings (SSSR count). The van der Waals surface area contributed by atoms with Gasteiger partial charge in [-0.2, -0.15) is 4.98 Å². The first-order chi connectivity index (χ1) is 20.8. The number of allylic oxidation sites excluding steroid dienone is 2. The zero-order chi connectivity index (χ0) is 32.2. The van der Waals surface area contributed by atoms with E-state index in [9.17, 15) is 24.0 Å². The number of carbonyl (C=O) groups excluding carboxylic acids is 3. The monoisotopic (exact) mass is 607 g/mol.